The number of pyridine rings is 1. The molecule has 1 aliphatic rings. The predicted molar refractivity (Wildman–Crippen MR) is 94.5 cm³/mol. The van der Waals surface area contributed by atoms with E-state index in [0.29, 0.717) is 12.6 Å². The van der Waals surface area contributed by atoms with Crippen LogP contribution in [-0.4, -0.2) is 49.0 Å². The summed E-state index contributed by atoms with van der Waals surface area (Å²) in [6.45, 7) is 6.97. The number of carbonyl (C=O) groups is 1. The molecule has 0 bridgehead atoms. The first kappa shape index (κ1) is 18.3. The third-order valence-corrected chi connectivity index (χ3v) is 4.12. The van der Waals surface area contributed by atoms with Crippen molar-refractivity contribution in [2.45, 2.75) is 38.8 Å². The minimum atomic E-state index is -0.354. The van der Waals surface area contributed by atoms with Crippen LogP contribution in [0.1, 0.15) is 26.7 Å². The SMILES string of the molecule is CC(C)NCCNC(=O)OC1CCN(c2ccn(C)c(=O)c2)CC1. The molecule has 7 nitrogen and oxygen atoms in total. The number of alkyl carbamates (subject to hydrolysis) is 1. The van der Waals surface area contributed by atoms with E-state index in [1.165, 1.54) is 0 Å². The fourth-order valence-corrected chi connectivity index (χ4v) is 2.69. The van der Waals surface area contributed by atoms with Crippen LogP contribution in [0.15, 0.2) is 23.1 Å². The number of nitrogens with zero attached hydrogens (tertiary/aromatic N) is 2. The standard InChI is InChI=1S/C17H28N4O3/c1-13(2)18-7-8-19-17(23)24-15-5-10-21(11-6-15)14-4-9-20(3)16(22)12-14/h4,9,12-13,15,18H,5-8,10-11H2,1-3H3,(H,19,23). The summed E-state index contributed by atoms with van der Waals surface area (Å²) >= 11 is 0. The van der Waals surface area contributed by atoms with Crippen LogP contribution in [0.2, 0.25) is 0 Å². The van der Waals surface area contributed by atoms with E-state index in [4.69, 9.17) is 4.74 Å². The van der Waals surface area contributed by atoms with Crippen LogP contribution in [0, 0.1) is 0 Å². The molecule has 0 atom stereocenters. The molecular weight excluding hydrogens is 308 g/mol. The average molecular weight is 336 g/mol. The number of rotatable bonds is 6. The van der Waals surface area contributed by atoms with Gasteiger partial charge in [0.1, 0.15) is 6.10 Å². The summed E-state index contributed by atoms with van der Waals surface area (Å²) in [5, 5.41) is 5.99. The molecule has 7 heteroatoms. The maximum atomic E-state index is 11.8. The van der Waals surface area contributed by atoms with Crippen molar-refractivity contribution in [3.8, 4) is 0 Å². The number of amides is 1. The molecule has 2 rings (SSSR count). The number of carbonyl (C=O) groups excluding carboxylic acids is 1. The molecule has 0 aliphatic carbocycles. The van der Waals surface area contributed by atoms with Gasteiger partial charge in [-0.3, -0.25) is 4.79 Å². The van der Waals surface area contributed by atoms with Gasteiger partial charge in [-0.05, 0) is 6.07 Å². The van der Waals surface area contributed by atoms with Gasteiger partial charge in [-0.1, -0.05) is 13.8 Å². The van der Waals surface area contributed by atoms with Crippen LogP contribution in [0.4, 0.5) is 10.5 Å². The third-order valence-electron chi connectivity index (χ3n) is 4.12. The van der Waals surface area contributed by atoms with Gasteiger partial charge in [0.2, 0.25) is 0 Å². The Balaban J connectivity index is 1.71. The highest BCUT2D eigenvalue weighted by Crippen LogP contribution is 2.20. The number of anilines is 1. The lowest BCUT2D eigenvalue weighted by Crippen LogP contribution is -2.41. The van der Waals surface area contributed by atoms with Crippen molar-refractivity contribution in [3.05, 3.63) is 28.7 Å². The Kier molecular flexibility index (Phi) is 6.66. The summed E-state index contributed by atoms with van der Waals surface area (Å²) in [6, 6.07) is 3.99. The molecular formula is C17H28N4O3. The van der Waals surface area contributed by atoms with Gasteiger partial charge in [0.05, 0.1) is 0 Å². The number of hydrogen-bond donors (Lipinski definition) is 2. The van der Waals surface area contributed by atoms with E-state index in [0.717, 1.165) is 38.2 Å². The quantitative estimate of drug-likeness (QED) is 0.760. The van der Waals surface area contributed by atoms with Crippen LogP contribution < -0.4 is 21.1 Å². The minimum absolute atomic E-state index is 0.0136. The van der Waals surface area contributed by atoms with E-state index in [9.17, 15) is 9.59 Å². The Morgan fingerprint density at radius 1 is 1.33 bits per heavy atom. The Morgan fingerprint density at radius 2 is 2.04 bits per heavy atom. The third kappa shape index (κ3) is 5.56. The largest absolute Gasteiger partial charge is 0.446 e. The van der Waals surface area contributed by atoms with Gasteiger partial charge in [-0.15, -0.1) is 0 Å². The van der Waals surface area contributed by atoms with Crippen molar-refractivity contribution >= 4 is 11.8 Å². The van der Waals surface area contributed by atoms with E-state index in [1.54, 1.807) is 23.9 Å². The van der Waals surface area contributed by atoms with Crippen LogP contribution >= 0.6 is 0 Å². The van der Waals surface area contributed by atoms with Crippen molar-refractivity contribution < 1.29 is 9.53 Å². The van der Waals surface area contributed by atoms with Crippen molar-refractivity contribution in [1.82, 2.24) is 15.2 Å². The van der Waals surface area contributed by atoms with Gasteiger partial charge in [-0.25, -0.2) is 4.79 Å². The highest BCUT2D eigenvalue weighted by molar-refractivity contribution is 5.67. The average Bonchev–Trinajstić information content (AvgIpc) is 2.55. The number of ether oxygens (including phenoxy) is 1. The number of nitrogens with one attached hydrogen (secondary N) is 2. The zero-order chi connectivity index (χ0) is 17.5. The fraction of sp³-hybridized carbons (Fsp3) is 0.647. The first-order valence-corrected chi connectivity index (χ1v) is 8.55. The van der Waals surface area contributed by atoms with Crippen molar-refractivity contribution in [3.63, 3.8) is 0 Å². The van der Waals surface area contributed by atoms with Gasteiger partial charge >= 0.3 is 6.09 Å². The number of piperidine rings is 1. The summed E-state index contributed by atoms with van der Waals surface area (Å²) in [5.41, 5.74) is 0.918. The second-order valence-electron chi connectivity index (χ2n) is 6.46. The highest BCUT2D eigenvalue weighted by atomic mass is 16.6. The van der Waals surface area contributed by atoms with Gasteiger partial charge in [-0.2, -0.15) is 0 Å². The first-order valence-electron chi connectivity index (χ1n) is 8.55. The molecule has 134 valence electrons. The summed E-state index contributed by atoms with van der Waals surface area (Å²) in [7, 11) is 1.74. The maximum Gasteiger partial charge on any atom is 0.407 e. The first-order chi connectivity index (χ1) is 11.5. The molecule has 0 unspecified atom stereocenters. The summed E-state index contributed by atoms with van der Waals surface area (Å²) < 4.78 is 7.01. The van der Waals surface area contributed by atoms with Crippen LogP contribution in [0.3, 0.4) is 0 Å². The van der Waals surface area contributed by atoms with E-state index < -0.39 is 0 Å². The van der Waals surface area contributed by atoms with Gasteiger partial charge in [0.15, 0.2) is 0 Å². The van der Waals surface area contributed by atoms with Crippen LogP contribution in [-0.2, 0) is 11.8 Å². The van der Waals surface area contributed by atoms with Crippen molar-refractivity contribution in [1.29, 1.82) is 0 Å². The van der Waals surface area contributed by atoms with Crippen molar-refractivity contribution in [2.24, 2.45) is 7.05 Å². The van der Waals surface area contributed by atoms with Crippen LogP contribution in [0.25, 0.3) is 0 Å². The molecule has 24 heavy (non-hydrogen) atoms. The van der Waals surface area contributed by atoms with Crippen molar-refractivity contribution in [2.75, 3.05) is 31.1 Å². The van der Waals surface area contributed by atoms with Gasteiger partial charge < -0.3 is 24.8 Å². The lowest BCUT2D eigenvalue weighted by atomic mass is 10.1. The highest BCUT2D eigenvalue weighted by Gasteiger charge is 2.22. The molecule has 1 amide bonds. The molecule has 0 spiro atoms. The molecule has 2 heterocycles. The summed E-state index contributed by atoms with van der Waals surface area (Å²) in [6.07, 6.45) is 2.90. The van der Waals surface area contributed by atoms with E-state index >= 15 is 0 Å². The monoisotopic (exact) mass is 336 g/mol. The molecule has 1 aromatic heterocycles. The molecule has 1 saturated heterocycles. The molecule has 1 fully saturated rings. The smallest absolute Gasteiger partial charge is 0.407 e. The molecule has 1 aliphatic heterocycles. The maximum absolute atomic E-state index is 11.8. The number of aryl methyl sites for hydroxylation is 1. The fourth-order valence-electron chi connectivity index (χ4n) is 2.69. The van der Waals surface area contributed by atoms with Crippen LogP contribution in [0.5, 0.6) is 0 Å². The van der Waals surface area contributed by atoms with E-state index in [2.05, 4.69) is 29.4 Å². The molecule has 0 aromatic carbocycles. The van der Waals surface area contributed by atoms with E-state index in [-0.39, 0.29) is 17.8 Å². The molecule has 0 saturated carbocycles. The topological polar surface area (TPSA) is 75.6 Å². The Hall–Kier alpha value is -2.02. The molecule has 0 radical (unpaired) electrons. The zero-order valence-electron chi connectivity index (χ0n) is 14.7. The second kappa shape index (κ2) is 8.73. The zero-order valence-corrected chi connectivity index (χ0v) is 14.7. The van der Waals surface area contributed by atoms with Gasteiger partial charge in [0, 0.05) is 70.1 Å². The Morgan fingerprint density at radius 3 is 2.67 bits per heavy atom. The summed E-state index contributed by atoms with van der Waals surface area (Å²) in [4.78, 5) is 25.6. The molecule has 2 N–H and O–H groups in total. The number of aromatic nitrogens is 1. The van der Waals surface area contributed by atoms with Gasteiger partial charge in [0.25, 0.3) is 5.56 Å². The Labute approximate surface area is 143 Å². The Bertz CT molecular complexity index is 592. The lowest BCUT2D eigenvalue weighted by Gasteiger charge is -2.33. The normalized spacial score (nSPS) is 15.6. The summed E-state index contributed by atoms with van der Waals surface area (Å²) in [5.74, 6) is 0. The minimum Gasteiger partial charge on any atom is -0.446 e. The predicted octanol–water partition coefficient (Wildman–Crippen LogP) is 1.08. The number of hydrogen-bond acceptors (Lipinski definition) is 5. The lowest BCUT2D eigenvalue weighted by molar-refractivity contribution is 0.0833. The molecule has 1 aromatic rings. The van der Waals surface area contributed by atoms with E-state index in [1.807, 2.05) is 6.07 Å². The second-order valence-corrected chi connectivity index (χ2v) is 6.46.